The number of alkyl carbamates (subject to hydrolysis) is 1. The lowest BCUT2D eigenvalue weighted by atomic mass is 9.86. The maximum Gasteiger partial charge on any atom is 0.407 e. The summed E-state index contributed by atoms with van der Waals surface area (Å²) in [7, 11) is -3.96. The highest BCUT2D eigenvalue weighted by molar-refractivity contribution is 7.89. The van der Waals surface area contributed by atoms with E-state index in [4.69, 9.17) is 4.74 Å². The highest BCUT2D eigenvalue weighted by atomic mass is 32.2. The van der Waals surface area contributed by atoms with Crippen LogP contribution in [0.2, 0.25) is 0 Å². The van der Waals surface area contributed by atoms with Crippen LogP contribution in [-0.4, -0.2) is 43.2 Å². The Hall–Kier alpha value is -3.48. The number of nitrogens with zero attached hydrogens (tertiary/aromatic N) is 1. The molecule has 2 aromatic carbocycles. The van der Waals surface area contributed by atoms with E-state index in [2.05, 4.69) is 25.7 Å². The molecular weight excluding hydrogens is 599 g/mol. The van der Waals surface area contributed by atoms with Crippen molar-refractivity contribution in [3.8, 4) is 10.4 Å². The van der Waals surface area contributed by atoms with Crippen LogP contribution in [0, 0.1) is 0 Å². The van der Waals surface area contributed by atoms with Crippen molar-refractivity contribution in [2.45, 2.75) is 102 Å². The summed E-state index contributed by atoms with van der Waals surface area (Å²) in [5, 5.41) is 9.57. The Morgan fingerprint density at radius 2 is 1.68 bits per heavy atom. The predicted octanol–water partition coefficient (Wildman–Crippen LogP) is 6.93. The number of urea groups is 1. The summed E-state index contributed by atoms with van der Waals surface area (Å²) >= 11 is 1.48. The van der Waals surface area contributed by atoms with Gasteiger partial charge in [0.15, 0.2) is 0 Å². The van der Waals surface area contributed by atoms with Gasteiger partial charge in [0.25, 0.3) is 0 Å². The first-order valence-corrected chi connectivity index (χ1v) is 17.2. The Balaban J connectivity index is 1.52. The van der Waals surface area contributed by atoms with Crippen LogP contribution in [0.3, 0.4) is 0 Å². The highest BCUT2D eigenvalue weighted by Gasteiger charge is 2.29. The second kappa shape index (κ2) is 14.1. The van der Waals surface area contributed by atoms with E-state index in [-0.39, 0.29) is 29.0 Å². The van der Waals surface area contributed by atoms with Crippen molar-refractivity contribution >= 4 is 39.2 Å². The fourth-order valence-electron chi connectivity index (χ4n) is 5.17. The lowest BCUT2D eigenvalue weighted by Crippen LogP contribution is -2.40. The Bertz CT molecular complexity index is 1540. The number of rotatable bonds is 9. The zero-order valence-electron chi connectivity index (χ0n) is 26.1. The van der Waals surface area contributed by atoms with Crippen molar-refractivity contribution in [2.24, 2.45) is 0 Å². The molecule has 1 aromatic heterocycles. The lowest BCUT2D eigenvalue weighted by molar-refractivity contribution is 0.109. The monoisotopic (exact) mass is 641 g/mol. The van der Waals surface area contributed by atoms with Crippen LogP contribution in [0.1, 0.15) is 89.8 Å². The molecule has 12 heteroatoms. The minimum atomic E-state index is -3.96. The molecule has 0 spiro atoms. The summed E-state index contributed by atoms with van der Waals surface area (Å²) in [6.45, 7) is 10.9. The molecule has 1 fully saturated rings. The van der Waals surface area contributed by atoms with Crippen molar-refractivity contribution in [3.63, 3.8) is 0 Å². The van der Waals surface area contributed by atoms with Crippen LogP contribution in [0.4, 0.5) is 15.3 Å². The van der Waals surface area contributed by atoms with Gasteiger partial charge in [-0.25, -0.2) is 27.7 Å². The summed E-state index contributed by atoms with van der Waals surface area (Å²) in [5.41, 5.74) is 1.11. The molecule has 0 unspecified atom stereocenters. The number of carbonyl (C=O) groups is 2. The maximum absolute atomic E-state index is 13.6. The molecule has 4 N–H and O–H groups in total. The van der Waals surface area contributed by atoms with E-state index < -0.39 is 27.7 Å². The molecule has 0 bridgehead atoms. The van der Waals surface area contributed by atoms with Crippen molar-refractivity contribution in [3.05, 3.63) is 65.3 Å². The maximum atomic E-state index is 13.6. The number of nitrogens with one attached hydrogen (secondary N) is 4. The van der Waals surface area contributed by atoms with Crippen LogP contribution < -0.4 is 20.7 Å². The van der Waals surface area contributed by atoms with Gasteiger partial charge in [-0.15, -0.1) is 11.3 Å². The number of aromatic nitrogens is 1. The second-order valence-electron chi connectivity index (χ2n) is 12.5. The number of ether oxygens (including phenoxy) is 1. The molecule has 3 aromatic rings. The van der Waals surface area contributed by atoms with Gasteiger partial charge in [-0.2, -0.15) is 0 Å². The third-order valence-corrected chi connectivity index (χ3v) is 10.1. The van der Waals surface area contributed by atoms with Crippen molar-refractivity contribution in [2.75, 3.05) is 5.32 Å². The van der Waals surface area contributed by atoms with Crippen LogP contribution in [-0.2, 0) is 14.8 Å². The Morgan fingerprint density at radius 1 is 1.00 bits per heavy atom. The van der Waals surface area contributed by atoms with Gasteiger partial charge in [0, 0.05) is 34.9 Å². The molecule has 1 atom stereocenters. The third kappa shape index (κ3) is 9.26. The summed E-state index contributed by atoms with van der Waals surface area (Å²) < 4.78 is 35.2. The first kappa shape index (κ1) is 33.4. The average molecular weight is 642 g/mol. The highest BCUT2D eigenvalue weighted by Crippen LogP contribution is 2.40. The van der Waals surface area contributed by atoms with Crippen molar-refractivity contribution < 1.29 is 22.7 Å². The second-order valence-corrected chi connectivity index (χ2v) is 15.2. The first-order valence-electron chi connectivity index (χ1n) is 14.9. The van der Waals surface area contributed by atoms with Gasteiger partial charge in [0.2, 0.25) is 10.0 Å². The number of hydrogen-bond donors (Lipinski definition) is 4. The largest absolute Gasteiger partial charge is 0.447 e. The number of hydrogen-bond acceptors (Lipinski definition) is 7. The lowest BCUT2D eigenvalue weighted by Gasteiger charge is -2.28. The summed E-state index contributed by atoms with van der Waals surface area (Å²) in [6, 6.07) is 13.9. The topological polar surface area (TPSA) is 139 Å². The molecule has 1 aliphatic carbocycles. The SMILES string of the molecule is CC(C)OC(=O)N[C@H]1CC[C@H](c2ncc(-c3ccc(NC(=O)N[C@@H](C)c4ccccc4)cc3S(=O)(=O)NC(C)(C)C)s2)CC1. The van der Waals surface area contributed by atoms with E-state index >= 15 is 0 Å². The fourth-order valence-corrected chi connectivity index (χ4v) is 8.03. The van der Waals surface area contributed by atoms with Crippen LogP contribution in [0.25, 0.3) is 10.4 Å². The third-order valence-electron chi connectivity index (χ3n) is 7.15. The van der Waals surface area contributed by atoms with Crippen LogP contribution in [0.15, 0.2) is 59.6 Å². The molecule has 1 heterocycles. The Kier molecular flexibility index (Phi) is 10.7. The Morgan fingerprint density at radius 3 is 2.32 bits per heavy atom. The summed E-state index contributed by atoms with van der Waals surface area (Å²) in [6.07, 6.45) is 4.50. The number of anilines is 1. The number of amides is 3. The van der Waals surface area contributed by atoms with Crippen LogP contribution in [0.5, 0.6) is 0 Å². The number of benzene rings is 2. The molecule has 3 amide bonds. The number of carbonyl (C=O) groups excluding carboxylic acids is 2. The minimum absolute atomic E-state index is 0.0603. The quantitative estimate of drug-likeness (QED) is 0.200. The van der Waals surface area contributed by atoms with E-state index in [1.807, 2.05) is 51.1 Å². The molecule has 10 nitrogen and oxygen atoms in total. The molecule has 0 saturated heterocycles. The molecule has 1 saturated carbocycles. The Labute approximate surface area is 264 Å². The van der Waals surface area contributed by atoms with Crippen LogP contribution >= 0.6 is 11.3 Å². The predicted molar refractivity (Wildman–Crippen MR) is 174 cm³/mol. The van der Waals surface area contributed by atoms with Gasteiger partial charge in [-0.3, -0.25) is 0 Å². The average Bonchev–Trinajstić information content (AvgIpc) is 3.42. The molecule has 0 aliphatic heterocycles. The zero-order valence-corrected chi connectivity index (χ0v) is 27.8. The molecule has 0 radical (unpaired) electrons. The smallest absolute Gasteiger partial charge is 0.407 e. The van der Waals surface area contributed by atoms with Gasteiger partial charge >= 0.3 is 12.1 Å². The van der Waals surface area contributed by atoms with E-state index in [0.717, 1.165) is 41.1 Å². The number of thiazole rings is 1. The molecular formula is C32H43N5O5S2. The molecule has 44 heavy (non-hydrogen) atoms. The summed E-state index contributed by atoms with van der Waals surface area (Å²) in [5.74, 6) is 0.219. The van der Waals surface area contributed by atoms with E-state index in [1.54, 1.807) is 39.1 Å². The molecule has 4 rings (SSSR count). The first-order chi connectivity index (χ1) is 20.7. The molecule has 238 valence electrons. The van der Waals surface area contributed by atoms with Gasteiger partial charge in [0.05, 0.1) is 26.9 Å². The summed E-state index contributed by atoms with van der Waals surface area (Å²) in [4.78, 5) is 30.3. The fraction of sp³-hybridized carbons (Fsp3) is 0.469. The van der Waals surface area contributed by atoms with Gasteiger partial charge in [-0.1, -0.05) is 36.4 Å². The van der Waals surface area contributed by atoms with Crippen molar-refractivity contribution in [1.29, 1.82) is 0 Å². The number of sulfonamides is 1. The standard InChI is InChI=1S/C32H43N5O5S2/c1-20(2)42-31(39)36-24-14-12-23(13-15-24)29-33-19-27(43-29)26-17-16-25(18-28(26)44(40,41)37-32(4,5)6)35-30(38)34-21(3)22-10-8-7-9-11-22/h7-11,16-21,23-24,37H,12-15H2,1-6H3,(H,36,39)(H2,34,35,38)/t21-,23-,24-/m0/s1. The minimum Gasteiger partial charge on any atom is -0.447 e. The van der Waals surface area contributed by atoms with E-state index in [1.165, 1.54) is 17.4 Å². The zero-order chi connectivity index (χ0) is 32.1. The van der Waals surface area contributed by atoms with Gasteiger partial charge in [-0.05, 0) is 84.9 Å². The van der Waals surface area contributed by atoms with E-state index in [0.29, 0.717) is 11.3 Å². The van der Waals surface area contributed by atoms with E-state index in [9.17, 15) is 18.0 Å². The van der Waals surface area contributed by atoms with Crippen molar-refractivity contribution in [1.82, 2.24) is 20.3 Å². The normalized spacial score (nSPS) is 18.0. The van der Waals surface area contributed by atoms with Gasteiger partial charge < -0.3 is 20.7 Å². The van der Waals surface area contributed by atoms with Gasteiger partial charge in [0.1, 0.15) is 0 Å². The molecule has 1 aliphatic rings.